The van der Waals surface area contributed by atoms with E-state index in [-0.39, 0.29) is 18.2 Å². The van der Waals surface area contributed by atoms with Gasteiger partial charge in [0.15, 0.2) is 11.6 Å². The largest absolute Gasteiger partial charge is 0.356 e. The Morgan fingerprint density at radius 3 is 2.79 bits per heavy atom. The Morgan fingerprint density at radius 1 is 1.29 bits per heavy atom. The van der Waals surface area contributed by atoms with E-state index in [0.717, 1.165) is 25.0 Å². The van der Waals surface area contributed by atoms with E-state index >= 15 is 0 Å². The van der Waals surface area contributed by atoms with Crippen molar-refractivity contribution in [2.45, 2.75) is 31.8 Å². The second-order valence-corrected chi connectivity index (χ2v) is 6.48. The average Bonchev–Trinajstić information content (AvgIpc) is 3.37. The van der Waals surface area contributed by atoms with Gasteiger partial charge in [-0.1, -0.05) is 6.07 Å². The van der Waals surface area contributed by atoms with Crippen LogP contribution in [0, 0.1) is 17.6 Å². The molecular formula is C17H21F2N3O2. The van der Waals surface area contributed by atoms with Crippen LogP contribution in [0.25, 0.3) is 0 Å². The van der Waals surface area contributed by atoms with Gasteiger partial charge >= 0.3 is 0 Å². The first-order valence-corrected chi connectivity index (χ1v) is 8.25. The smallest absolute Gasteiger partial charge is 0.237 e. The minimum atomic E-state index is -0.910. The number of carbonyl (C=O) groups excluding carboxylic acids is 2. The zero-order valence-electron chi connectivity index (χ0n) is 13.4. The molecule has 130 valence electrons. The van der Waals surface area contributed by atoms with Crippen molar-refractivity contribution in [1.29, 1.82) is 0 Å². The molecule has 2 amide bonds. The first kappa shape index (κ1) is 16.8. The lowest BCUT2D eigenvalue weighted by Crippen LogP contribution is -2.56. The van der Waals surface area contributed by atoms with Crippen LogP contribution in [-0.2, 0) is 16.1 Å². The van der Waals surface area contributed by atoms with E-state index in [2.05, 4.69) is 10.6 Å². The Morgan fingerprint density at radius 2 is 2.08 bits per heavy atom. The molecule has 1 saturated heterocycles. The van der Waals surface area contributed by atoms with Crippen LogP contribution in [0.1, 0.15) is 24.8 Å². The van der Waals surface area contributed by atoms with E-state index < -0.39 is 17.7 Å². The Balaban J connectivity index is 1.63. The summed E-state index contributed by atoms with van der Waals surface area (Å²) >= 11 is 0. The molecule has 7 heteroatoms. The summed E-state index contributed by atoms with van der Waals surface area (Å²) in [5, 5.41) is 5.61. The molecule has 24 heavy (non-hydrogen) atoms. The highest BCUT2D eigenvalue weighted by Gasteiger charge is 2.32. The van der Waals surface area contributed by atoms with Crippen molar-refractivity contribution in [2.24, 2.45) is 5.92 Å². The van der Waals surface area contributed by atoms with Crippen molar-refractivity contribution in [3.05, 3.63) is 35.4 Å². The van der Waals surface area contributed by atoms with E-state index in [1.54, 1.807) is 0 Å². The van der Waals surface area contributed by atoms with Crippen LogP contribution in [0.5, 0.6) is 0 Å². The second-order valence-electron chi connectivity index (χ2n) is 6.48. The Kier molecular flexibility index (Phi) is 5.08. The fourth-order valence-corrected chi connectivity index (χ4v) is 2.87. The van der Waals surface area contributed by atoms with E-state index in [1.807, 2.05) is 4.90 Å². The van der Waals surface area contributed by atoms with Gasteiger partial charge in [-0.15, -0.1) is 0 Å². The molecule has 1 aliphatic carbocycles. The fourth-order valence-electron chi connectivity index (χ4n) is 2.87. The summed E-state index contributed by atoms with van der Waals surface area (Å²) in [6.45, 7) is 2.00. The van der Waals surface area contributed by atoms with Crippen molar-refractivity contribution in [2.75, 3.05) is 19.6 Å². The van der Waals surface area contributed by atoms with Gasteiger partial charge in [0.05, 0.1) is 12.5 Å². The molecule has 0 aromatic heterocycles. The van der Waals surface area contributed by atoms with Gasteiger partial charge in [0.25, 0.3) is 0 Å². The molecule has 2 N–H and O–H groups in total. The molecule has 2 aliphatic rings. The van der Waals surface area contributed by atoms with Gasteiger partial charge in [-0.05, 0) is 36.5 Å². The summed E-state index contributed by atoms with van der Waals surface area (Å²) in [4.78, 5) is 26.0. The monoisotopic (exact) mass is 337 g/mol. The number of hydrogen-bond donors (Lipinski definition) is 2. The summed E-state index contributed by atoms with van der Waals surface area (Å²) in [5.41, 5.74) is 0.576. The summed E-state index contributed by atoms with van der Waals surface area (Å²) in [7, 11) is 0. The molecule has 0 spiro atoms. The molecule has 1 unspecified atom stereocenters. The third kappa shape index (κ3) is 4.29. The molecule has 0 bridgehead atoms. The predicted octanol–water partition coefficient (Wildman–Crippen LogP) is 1.18. The molecule has 5 nitrogen and oxygen atoms in total. The summed E-state index contributed by atoms with van der Waals surface area (Å²) < 4.78 is 26.4. The molecule has 1 atom stereocenters. The third-order valence-electron chi connectivity index (χ3n) is 4.47. The van der Waals surface area contributed by atoms with Crippen molar-refractivity contribution >= 4 is 11.8 Å². The Bertz CT molecular complexity index is 634. The van der Waals surface area contributed by atoms with Crippen molar-refractivity contribution in [3.63, 3.8) is 0 Å². The minimum Gasteiger partial charge on any atom is -0.356 e. The predicted molar refractivity (Wildman–Crippen MR) is 83.9 cm³/mol. The zero-order valence-corrected chi connectivity index (χ0v) is 13.4. The maximum absolute atomic E-state index is 13.4. The molecule has 1 heterocycles. The second kappa shape index (κ2) is 7.25. The van der Waals surface area contributed by atoms with Crippen LogP contribution in [0.3, 0.4) is 0 Å². The standard InChI is InChI=1S/C17H21F2N3O2/c18-13-4-3-12(7-14(13)19)10-22-6-5-20-17(24)15(22)8-16(23)21-9-11-1-2-11/h3-4,7,11,15H,1-2,5-6,8-10H2,(H,20,24)(H,21,23). The fraction of sp³-hybridized carbons (Fsp3) is 0.529. The molecule has 3 rings (SSSR count). The topological polar surface area (TPSA) is 61.4 Å². The zero-order chi connectivity index (χ0) is 17.1. The van der Waals surface area contributed by atoms with Crippen LogP contribution in [0.2, 0.25) is 0 Å². The van der Waals surface area contributed by atoms with Gasteiger partial charge in [-0.25, -0.2) is 8.78 Å². The van der Waals surface area contributed by atoms with Crippen LogP contribution >= 0.6 is 0 Å². The Labute approximate surface area is 139 Å². The number of halogens is 2. The molecule has 1 saturated carbocycles. The maximum Gasteiger partial charge on any atom is 0.237 e. The van der Waals surface area contributed by atoms with Crippen molar-refractivity contribution in [1.82, 2.24) is 15.5 Å². The van der Waals surface area contributed by atoms with Gasteiger partial charge in [0.1, 0.15) is 0 Å². The van der Waals surface area contributed by atoms with Crippen LogP contribution < -0.4 is 10.6 Å². The number of piperazine rings is 1. The lowest BCUT2D eigenvalue weighted by molar-refractivity contribution is -0.134. The quantitative estimate of drug-likeness (QED) is 0.819. The number of benzene rings is 1. The van der Waals surface area contributed by atoms with Gasteiger partial charge in [0, 0.05) is 26.2 Å². The van der Waals surface area contributed by atoms with Crippen LogP contribution in [0.4, 0.5) is 8.78 Å². The summed E-state index contributed by atoms with van der Waals surface area (Å²) in [5.74, 6) is -1.59. The van der Waals surface area contributed by atoms with Gasteiger partial charge in [0.2, 0.25) is 11.8 Å². The van der Waals surface area contributed by atoms with E-state index in [1.165, 1.54) is 6.07 Å². The first-order chi connectivity index (χ1) is 11.5. The highest BCUT2D eigenvalue weighted by molar-refractivity contribution is 5.88. The number of amides is 2. The van der Waals surface area contributed by atoms with Crippen LogP contribution in [-0.4, -0.2) is 42.4 Å². The number of nitrogens with one attached hydrogen (secondary N) is 2. The SMILES string of the molecule is O=C(CC1C(=O)NCCN1Cc1ccc(F)c(F)c1)NCC1CC1. The summed E-state index contributed by atoms with van der Waals surface area (Å²) in [6.07, 6.45) is 2.36. The third-order valence-corrected chi connectivity index (χ3v) is 4.47. The number of rotatable bonds is 6. The number of nitrogens with zero attached hydrogens (tertiary/aromatic N) is 1. The average molecular weight is 337 g/mol. The van der Waals surface area contributed by atoms with E-state index in [0.29, 0.717) is 37.7 Å². The normalized spacial score (nSPS) is 21.4. The lowest BCUT2D eigenvalue weighted by atomic mass is 10.1. The van der Waals surface area contributed by atoms with Crippen molar-refractivity contribution < 1.29 is 18.4 Å². The number of hydrogen-bond acceptors (Lipinski definition) is 3. The summed E-state index contributed by atoms with van der Waals surface area (Å²) in [6, 6.07) is 3.11. The van der Waals surface area contributed by atoms with Crippen LogP contribution in [0.15, 0.2) is 18.2 Å². The van der Waals surface area contributed by atoms with Crippen molar-refractivity contribution in [3.8, 4) is 0 Å². The lowest BCUT2D eigenvalue weighted by Gasteiger charge is -2.34. The maximum atomic E-state index is 13.4. The van der Waals surface area contributed by atoms with E-state index in [9.17, 15) is 18.4 Å². The van der Waals surface area contributed by atoms with E-state index in [4.69, 9.17) is 0 Å². The molecular weight excluding hydrogens is 316 g/mol. The molecule has 1 aliphatic heterocycles. The molecule has 0 radical (unpaired) electrons. The van der Waals surface area contributed by atoms with Gasteiger partial charge < -0.3 is 10.6 Å². The number of carbonyl (C=O) groups is 2. The first-order valence-electron chi connectivity index (χ1n) is 8.25. The molecule has 1 aromatic carbocycles. The minimum absolute atomic E-state index is 0.0717. The van der Waals surface area contributed by atoms with Gasteiger partial charge in [-0.2, -0.15) is 0 Å². The highest BCUT2D eigenvalue weighted by Crippen LogP contribution is 2.27. The van der Waals surface area contributed by atoms with Gasteiger partial charge in [-0.3, -0.25) is 14.5 Å². The molecule has 1 aromatic rings. The molecule has 2 fully saturated rings. The Hall–Kier alpha value is -2.02. The highest BCUT2D eigenvalue weighted by atomic mass is 19.2.